The van der Waals surface area contributed by atoms with Crippen LogP contribution in [0.4, 0.5) is 17.5 Å². The van der Waals surface area contributed by atoms with Crippen LogP contribution in [0.2, 0.25) is 0 Å². The van der Waals surface area contributed by atoms with Gasteiger partial charge in [0.1, 0.15) is 5.82 Å². The molecule has 1 aliphatic rings. The van der Waals surface area contributed by atoms with Crippen molar-refractivity contribution in [3.8, 4) is 0 Å². The average molecular weight is 400 g/mol. The molecule has 2 aromatic carbocycles. The van der Waals surface area contributed by atoms with E-state index in [0.29, 0.717) is 5.95 Å². The van der Waals surface area contributed by atoms with Gasteiger partial charge in [0.05, 0.1) is 0 Å². The van der Waals surface area contributed by atoms with E-state index in [1.165, 1.54) is 11.1 Å². The van der Waals surface area contributed by atoms with Crippen LogP contribution in [0.25, 0.3) is 6.08 Å². The lowest BCUT2D eigenvalue weighted by Crippen LogP contribution is -2.46. The summed E-state index contributed by atoms with van der Waals surface area (Å²) in [6.07, 6.45) is 7.27. The topological polar surface area (TPSA) is 44.3 Å². The molecule has 0 saturated carbocycles. The Morgan fingerprint density at radius 1 is 0.933 bits per heavy atom. The zero-order chi connectivity index (χ0) is 20.6. The summed E-state index contributed by atoms with van der Waals surface area (Å²) in [5.74, 6) is 1.64. The quantitative estimate of drug-likeness (QED) is 0.628. The van der Waals surface area contributed by atoms with Crippen molar-refractivity contribution in [3.05, 3.63) is 84.1 Å². The average Bonchev–Trinajstić information content (AvgIpc) is 2.81. The van der Waals surface area contributed by atoms with Crippen LogP contribution in [0.15, 0.2) is 72.9 Å². The Hall–Kier alpha value is -3.18. The zero-order valence-electron chi connectivity index (χ0n) is 17.5. The third-order valence-corrected chi connectivity index (χ3v) is 5.46. The van der Waals surface area contributed by atoms with Gasteiger partial charge in [-0.3, -0.25) is 4.90 Å². The van der Waals surface area contributed by atoms with Crippen LogP contribution in [0.5, 0.6) is 0 Å². The lowest BCUT2D eigenvalue weighted by molar-refractivity contribution is 0.283. The maximum atomic E-state index is 4.77. The number of nitrogens with one attached hydrogen (secondary N) is 1. The van der Waals surface area contributed by atoms with Crippen molar-refractivity contribution >= 4 is 23.5 Å². The Balaban J connectivity index is 1.32. The lowest BCUT2D eigenvalue weighted by atomic mass is 10.1. The second-order valence-electron chi connectivity index (χ2n) is 7.47. The third-order valence-electron chi connectivity index (χ3n) is 5.46. The molecule has 5 heteroatoms. The predicted octanol–water partition coefficient (Wildman–Crippen LogP) is 4.62. The number of para-hydroxylation sites is 1. The fourth-order valence-corrected chi connectivity index (χ4v) is 3.72. The number of rotatable bonds is 7. The standard InChI is InChI=1S/C25H29N5/c1-2-22-12-6-7-13-23(22)27-25-26-15-14-24(28-25)30-19-17-29(18-20-30)16-8-11-21-9-4-3-5-10-21/h3-15H,2,16-20H2,1H3,(H,26,27,28)/b11-8+. The van der Waals surface area contributed by atoms with Gasteiger partial charge in [0.15, 0.2) is 0 Å². The number of piperazine rings is 1. The van der Waals surface area contributed by atoms with Crippen LogP contribution in [0.1, 0.15) is 18.1 Å². The number of aryl methyl sites for hydroxylation is 1. The molecule has 5 nitrogen and oxygen atoms in total. The summed E-state index contributed by atoms with van der Waals surface area (Å²) in [5, 5.41) is 3.39. The normalized spacial score (nSPS) is 14.9. The molecule has 4 rings (SSSR count). The second kappa shape index (κ2) is 10.0. The zero-order valence-corrected chi connectivity index (χ0v) is 17.5. The number of benzene rings is 2. The van der Waals surface area contributed by atoms with Crippen LogP contribution < -0.4 is 10.2 Å². The number of anilines is 3. The highest BCUT2D eigenvalue weighted by atomic mass is 15.3. The van der Waals surface area contributed by atoms with Crippen molar-refractivity contribution in [2.45, 2.75) is 13.3 Å². The molecule has 1 N–H and O–H groups in total. The first kappa shape index (κ1) is 20.1. The molecule has 0 amide bonds. The maximum absolute atomic E-state index is 4.77. The minimum atomic E-state index is 0.654. The first-order valence-corrected chi connectivity index (χ1v) is 10.7. The van der Waals surface area contributed by atoms with Crippen LogP contribution in [-0.4, -0.2) is 47.6 Å². The summed E-state index contributed by atoms with van der Waals surface area (Å²) in [6.45, 7) is 7.15. The van der Waals surface area contributed by atoms with Crippen molar-refractivity contribution in [1.29, 1.82) is 0 Å². The number of hydrogen-bond donors (Lipinski definition) is 1. The SMILES string of the molecule is CCc1ccccc1Nc1nccc(N2CCN(C/C=C/c3ccccc3)CC2)n1. The summed E-state index contributed by atoms with van der Waals surface area (Å²) in [6, 6.07) is 20.8. The molecular weight excluding hydrogens is 370 g/mol. The molecule has 1 fully saturated rings. The Labute approximate surface area is 179 Å². The Morgan fingerprint density at radius 3 is 2.50 bits per heavy atom. The predicted molar refractivity (Wildman–Crippen MR) is 125 cm³/mol. The maximum Gasteiger partial charge on any atom is 0.229 e. The van der Waals surface area contributed by atoms with Crippen LogP contribution in [0.3, 0.4) is 0 Å². The van der Waals surface area contributed by atoms with Gasteiger partial charge in [-0.2, -0.15) is 4.98 Å². The van der Waals surface area contributed by atoms with E-state index in [2.05, 4.69) is 81.6 Å². The fourth-order valence-electron chi connectivity index (χ4n) is 3.72. The van der Waals surface area contributed by atoms with E-state index in [1.807, 2.05) is 24.4 Å². The van der Waals surface area contributed by atoms with Gasteiger partial charge in [0.2, 0.25) is 5.95 Å². The van der Waals surface area contributed by atoms with Crippen molar-refractivity contribution < 1.29 is 0 Å². The van der Waals surface area contributed by atoms with Gasteiger partial charge in [-0.25, -0.2) is 4.98 Å². The van der Waals surface area contributed by atoms with Crippen LogP contribution in [-0.2, 0) is 6.42 Å². The second-order valence-corrected chi connectivity index (χ2v) is 7.47. The molecular formula is C25H29N5. The Morgan fingerprint density at radius 2 is 1.70 bits per heavy atom. The van der Waals surface area contributed by atoms with Crippen molar-refractivity contribution in [1.82, 2.24) is 14.9 Å². The summed E-state index contributed by atoms with van der Waals surface area (Å²) in [4.78, 5) is 14.0. The van der Waals surface area contributed by atoms with Crippen molar-refractivity contribution in [2.24, 2.45) is 0 Å². The third kappa shape index (κ3) is 5.24. The van der Waals surface area contributed by atoms with E-state index >= 15 is 0 Å². The molecule has 0 spiro atoms. The number of hydrogen-bond acceptors (Lipinski definition) is 5. The Bertz CT molecular complexity index is 962. The molecule has 154 valence electrons. The molecule has 0 aliphatic carbocycles. The number of nitrogens with zero attached hydrogens (tertiary/aromatic N) is 4. The van der Waals surface area contributed by atoms with E-state index in [-0.39, 0.29) is 0 Å². The highest BCUT2D eigenvalue weighted by Crippen LogP contribution is 2.21. The van der Waals surface area contributed by atoms with Gasteiger partial charge < -0.3 is 10.2 Å². The van der Waals surface area contributed by atoms with E-state index in [9.17, 15) is 0 Å². The highest BCUT2D eigenvalue weighted by molar-refractivity contribution is 5.59. The molecule has 0 unspecified atom stereocenters. The molecule has 1 aliphatic heterocycles. The van der Waals surface area contributed by atoms with Gasteiger partial charge in [0, 0.05) is 44.6 Å². The van der Waals surface area contributed by atoms with Crippen molar-refractivity contribution in [2.75, 3.05) is 42.9 Å². The number of aromatic nitrogens is 2. The summed E-state index contributed by atoms with van der Waals surface area (Å²) in [7, 11) is 0. The van der Waals surface area contributed by atoms with Gasteiger partial charge in [-0.05, 0) is 29.7 Å². The van der Waals surface area contributed by atoms with Crippen LogP contribution >= 0.6 is 0 Å². The summed E-state index contributed by atoms with van der Waals surface area (Å²) in [5.41, 5.74) is 3.60. The monoisotopic (exact) mass is 399 g/mol. The first-order valence-electron chi connectivity index (χ1n) is 10.7. The first-order chi connectivity index (χ1) is 14.8. The lowest BCUT2D eigenvalue weighted by Gasteiger charge is -2.34. The van der Waals surface area contributed by atoms with E-state index in [0.717, 1.165) is 50.6 Å². The smallest absolute Gasteiger partial charge is 0.229 e. The van der Waals surface area contributed by atoms with Gasteiger partial charge >= 0.3 is 0 Å². The highest BCUT2D eigenvalue weighted by Gasteiger charge is 2.17. The Kier molecular flexibility index (Phi) is 6.72. The minimum absolute atomic E-state index is 0.654. The summed E-state index contributed by atoms with van der Waals surface area (Å²) < 4.78 is 0. The molecule has 0 radical (unpaired) electrons. The molecule has 30 heavy (non-hydrogen) atoms. The van der Waals surface area contributed by atoms with E-state index < -0.39 is 0 Å². The van der Waals surface area contributed by atoms with Gasteiger partial charge in [-0.15, -0.1) is 0 Å². The minimum Gasteiger partial charge on any atom is -0.354 e. The van der Waals surface area contributed by atoms with Crippen LogP contribution in [0, 0.1) is 0 Å². The molecule has 1 saturated heterocycles. The fraction of sp³-hybridized carbons (Fsp3) is 0.280. The van der Waals surface area contributed by atoms with Gasteiger partial charge in [-0.1, -0.05) is 67.6 Å². The molecule has 0 bridgehead atoms. The van der Waals surface area contributed by atoms with E-state index in [1.54, 1.807) is 0 Å². The molecule has 3 aromatic rings. The molecule has 1 aromatic heterocycles. The molecule has 2 heterocycles. The van der Waals surface area contributed by atoms with E-state index in [4.69, 9.17) is 4.98 Å². The largest absolute Gasteiger partial charge is 0.354 e. The summed E-state index contributed by atoms with van der Waals surface area (Å²) >= 11 is 0. The van der Waals surface area contributed by atoms with Gasteiger partial charge in [0.25, 0.3) is 0 Å². The molecule has 0 atom stereocenters. The van der Waals surface area contributed by atoms with Crippen molar-refractivity contribution in [3.63, 3.8) is 0 Å².